The minimum atomic E-state index is -4.39. The number of carbonyl (C=O) groups is 1. The molecular weight excluding hydrogens is 397 g/mol. The Hall–Kier alpha value is -3.43. The Morgan fingerprint density at radius 2 is 1.80 bits per heavy atom. The van der Waals surface area contributed by atoms with Crippen LogP contribution in [-0.4, -0.2) is 44.8 Å². The van der Waals surface area contributed by atoms with Gasteiger partial charge in [-0.05, 0) is 49.2 Å². The zero-order valence-corrected chi connectivity index (χ0v) is 15.9. The smallest absolute Gasteiger partial charge is 0.356 e. The highest BCUT2D eigenvalue weighted by Gasteiger charge is 2.31. The van der Waals surface area contributed by atoms with Gasteiger partial charge in [0, 0.05) is 30.9 Å². The van der Waals surface area contributed by atoms with Crippen molar-refractivity contribution in [3.63, 3.8) is 0 Å². The Balaban J connectivity index is 1.30. The molecule has 0 unspecified atom stereocenters. The van der Waals surface area contributed by atoms with E-state index >= 15 is 0 Å². The molecule has 0 saturated carbocycles. The molecule has 10 heteroatoms. The highest BCUT2D eigenvalue weighted by molar-refractivity contribution is 5.94. The van der Waals surface area contributed by atoms with Crippen LogP contribution in [0.25, 0.3) is 5.69 Å². The van der Waals surface area contributed by atoms with E-state index in [0.717, 1.165) is 18.0 Å². The van der Waals surface area contributed by atoms with E-state index in [4.69, 9.17) is 0 Å². The average molecular weight is 416 g/mol. The van der Waals surface area contributed by atoms with Crippen LogP contribution in [0.15, 0.2) is 55.2 Å². The van der Waals surface area contributed by atoms with Gasteiger partial charge in [0.05, 0.1) is 11.3 Å². The minimum absolute atomic E-state index is 0.00168. The van der Waals surface area contributed by atoms with Gasteiger partial charge in [-0.25, -0.2) is 14.6 Å². The maximum absolute atomic E-state index is 12.7. The van der Waals surface area contributed by atoms with Crippen LogP contribution in [0, 0.1) is 0 Å². The number of hydrogen-bond acceptors (Lipinski definition) is 5. The summed E-state index contributed by atoms with van der Waals surface area (Å²) in [6.07, 6.45) is 0.848. The fourth-order valence-electron chi connectivity index (χ4n) is 3.37. The molecule has 1 aliphatic rings. The molecule has 0 radical (unpaired) electrons. The molecule has 2 aromatic heterocycles. The maximum Gasteiger partial charge on any atom is 0.417 e. The maximum atomic E-state index is 12.7. The van der Waals surface area contributed by atoms with Crippen molar-refractivity contribution in [3.05, 3.63) is 66.4 Å². The minimum Gasteiger partial charge on any atom is -0.356 e. The quantitative estimate of drug-likeness (QED) is 0.708. The number of alkyl halides is 3. The zero-order valence-electron chi connectivity index (χ0n) is 15.9. The van der Waals surface area contributed by atoms with E-state index < -0.39 is 11.7 Å². The molecule has 1 amide bonds. The third kappa shape index (κ3) is 4.42. The average Bonchev–Trinajstić information content (AvgIpc) is 3.29. The molecule has 1 saturated heterocycles. The van der Waals surface area contributed by atoms with Crippen LogP contribution in [0.4, 0.5) is 19.0 Å². The molecule has 1 aromatic carbocycles. The fourth-order valence-corrected chi connectivity index (χ4v) is 3.37. The second-order valence-corrected chi connectivity index (χ2v) is 7.02. The molecular formula is C20H19F3N6O. The van der Waals surface area contributed by atoms with Gasteiger partial charge < -0.3 is 10.2 Å². The Morgan fingerprint density at radius 3 is 2.37 bits per heavy atom. The molecule has 0 bridgehead atoms. The van der Waals surface area contributed by atoms with Crippen molar-refractivity contribution in [2.24, 2.45) is 0 Å². The summed E-state index contributed by atoms with van der Waals surface area (Å²) in [4.78, 5) is 22.3. The lowest BCUT2D eigenvalue weighted by molar-refractivity contribution is -0.137. The molecule has 7 nitrogen and oxygen atoms in total. The van der Waals surface area contributed by atoms with Crippen molar-refractivity contribution in [3.8, 4) is 5.69 Å². The van der Waals surface area contributed by atoms with Crippen LogP contribution in [0.1, 0.15) is 28.8 Å². The van der Waals surface area contributed by atoms with Gasteiger partial charge in [-0.2, -0.15) is 18.3 Å². The third-order valence-electron chi connectivity index (χ3n) is 5.04. The standard InChI is InChI=1S/C20H19F3N6O/c21-20(22,23)15-3-6-18(25-11-15)28-9-7-16(8-10-28)27-19(30)14-1-4-17(5-2-14)29-13-24-12-26-29/h1-6,11-13,16H,7-10H2,(H,27,30). The van der Waals surface area contributed by atoms with Crippen molar-refractivity contribution in [1.82, 2.24) is 25.1 Å². The van der Waals surface area contributed by atoms with E-state index in [0.29, 0.717) is 37.3 Å². The summed E-state index contributed by atoms with van der Waals surface area (Å²) in [6, 6.07) is 9.47. The molecule has 0 atom stereocenters. The second kappa shape index (κ2) is 8.13. The zero-order chi connectivity index (χ0) is 21.1. The fraction of sp³-hybridized carbons (Fsp3) is 0.300. The Bertz CT molecular complexity index is 979. The van der Waals surface area contributed by atoms with Crippen LogP contribution >= 0.6 is 0 Å². The Morgan fingerprint density at radius 1 is 1.07 bits per heavy atom. The number of hydrogen-bond donors (Lipinski definition) is 1. The lowest BCUT2D eigenvalue weighted by Crippen LogP contribution is -2.45. The van der Waals surface area contributed by atoms with E-state index in [1.807, 2.05) is 4.90 Å². The van der Waals surface area contributed by atoms with Gasteiger partial charge in [0.15, 0.2) is 0 Å². The number of halogens is 3. The predicted molar refractivity (Wildman–Crippen MR) is 103 cm³/mol. The number of pyridine rings is 1. The topological polar surface area (TPSA) is 75.9 Å². The molecule has 1 aliphatic heterocycles. The molecule has 30 heavy (non-hydrogen) atoms. The molecule has 4 rings (SSSR count). The first kappa shape index (κ1) is 19.9. The number of aromatic nitrogens is 4. The van der Waals surface area contributed by atoms with Gasteiger partial charge in [-0.1, -0.05) is 0 Å². The SMILES string of the molecule is O=C(NC1CCN(c2ccc(C(F)(F)F)cn2)CC1)c1ccc(-n2cncn2)cc1. The summed E-state index contributed by atoms with van der Waals surface area (Å²) in [6.45, 7) is 1.21. The normalized spacial score (nSPS) is 15.2. The monoisotopic (exact) mass is 416 g/mol. The van der Waals surface area contributed by atoms with Gasteiger partial charge in [-0.3, -0.25) is 4.79 Å². The molecule has 0 aliphatic carbocycles. The predicted octanol–water partition coefficient (Wildman–Crippen LogP) is 3.08. The van der Waals surface area contributed by atoms with E-state index in [2.05, 4.69) is 20.4 Å². The molecule has 3 heterocycles. The van der Waals surface area contributed by atoms with E-state index in [-0.39, 0.29) is 11.9 Å². The van der Waals surface area contributed by atoms with Crippen LogP contribution in [0.2, 0.25) is 0 Å². The highest BCUT2D eigenvalue weighted by Crippen LogP contribution is 2.29. The number of nitrogens with one attached hydrogen (secondary N) is 1. The molecule has 156 valence electrons. The Labute approximate surface area is 170 Å². The number of carbonyl (C=O) groups excluding carboxylic acids is 1. The van der Waals surface area contributed by atoms with E-state index in [9.17, 15) is 18.0 Å². The van der Waals surface area contributed by atoms with Crippen LogP contribution in [0.5, 0.6) is 0 Å². The first-order valence-corrected chi connectivity index (χ1v) is 9.44. The van der Waals surface area contributed by atoms with Gasteiger partial charge >= 0.3 is 6.18 Å². The number of rotatable bonds is 4. The van der Waals surface area contributed by atoms with Gasteiger partial charge in [0.25, 0.3) is 5.91 Å². The third-order valence-corrected chi connectivity index (χ3v) is 5.04. The van der Waals surface area contributed by atoms with Gasteiger partial charge in [0.1, 0.15) is 18.5 Å². The van der Waals surface area contributed by atoms with Crippen LogP contribution < -0.4 is 10.2 Å². The van der Waals surface area contributed by atoms with Gasteiger partial charge in [-0.15, -0.1) is 0 Å². The summed E-state index contributed by atoms with van der Waals surface area (Å²) in [5.74, 6) is 0.350. The summed E-state index contributed by atoms with van der Waals surface area (Å²) in [5.41, 5.74) is 0.593. The molecule has 0 spiro atoms. The first-order chi connectivity index (χ1) is 14.4. The number of anilines is 1. The van der Waals surface area contributed by atoms with E-state index in [1.54, 1.807) is 35.3 Å². The van der Waals surface area contributed by atoms with Crippen molar-refractivity contribution in [1.29, 1.82) is 0 Å². The molecule has 1 fully saturated rings. The first-order valence-electron chi connectivity index (χ1n) is 9.44. The lowest BCUT2D eigenvalue weighted by Gasteiger charge is -2.33. The van der Waals surface area contributed by atoms with Crippen molar-refractivity contribution >= 4 is 11.7 Å². The number of nitrogens with zero attached hydrogens (tertiary/aromatic N) is 5. The van der Waals surface area contributed by atoms with Crippen molar-refractivity contribution in [2.45, 2.75) is 25.1 Å². The summed E-state index contributed by atoms with van der Waals surface area (Å²) in [5, 5.41) is 7.06. The molecule has 1 N–H and O–H groups in total. The number of benzene rings is 1. The van der Waals surface area contributed by atoms with Crippen molar-refractivity contribution < 1.29 is 18.0 Å². The van der Waals surface area contributed by atoms with Crippen molar-refractivity contribution in [2.75, 3.05) is 18.0 Å². The van der Waals surface area contributed by atoms with Gasteiger partial charge in [0.2, 0.25) is 0 Å². The van der Waals surface area contributed by atoms with Crippen LogP contribution in [0.3, 0.4) is 0 Å². The summed E-state index contributed by atoms with van der Waals surface area (Å²) in [7, 11) is 0. The summed E-state index contributed by atoms with van der Waals surface area (Å²) < 4.78 is 39.6. The number of amides is 1. The highest BCUT2D eigenvalue weighted by atomic mass is 19.4. The lowest BCUT2D eigenvalue weighted by atomic mass is 10.0. The van der Waals surface area contributed by atoms with Crippen LogP contribution in [-0.2, 0) is 6.18 Å². The van der Waals surface area contributed by atoms with E-state index in [1.165, 1.54) is 12.4 Å². The number of piperidine rings is 1. The second-order valence-electron chi connectivity index (χ2n) is 7.02. The summed E-state index contributed by atoms with van der Waals surface area (Å²) >= 11 is 0. The largest absolute Gasteiger partial charge is 0.417 e. The Kier molecular flexibility index (Phi) is 5.39. The molecule has 3 aromatic rings.